The van der Waals surface area contributed by atoms with Crippen LogP contribution in [-0.2, 0) is 22.3 Å². The summed E-state index contributed by atoms with van der Waals surface area (Å²) >= 11 is 0. The number of benzene rings is 2. The highest BCUT2D eigenvalue weighted by atomic mass is 16.8. The zero-order valence-electron chi connectivity index (χ0n) is 26.6. The third-order valence-corrected chi connectivity index (χ3v) is 9.89. The zero-order chi connectivity index (χ0) is 31.4. The van der Waals surface area contributed by atoms with Gasteiger partial charge >= 0.3 is 0 Å². The second kappa shape index (κ2) is 11.0. The van der Waals surface area contributed by atoms with Crippen molar-refractivity contribution in [3.05, 3.63) is 82.0 Å². The SMILES string of the molecule is CCCc1c(Cc2ccc(-c3ccccc3-c3nn[nH]n3)cc2)c(=O)n(C2CCC3(CC2)OC(C)(C)C(C)(C)O3)c2ncnn12. The van der Waals surface area contributed by atoms with Crippen LogP contribution in [0, 0.1) is 0 Å². The molecule has 11 nitrogen and oxygen atoms in total. The number of ether oxygens (including phenoxy) is 2. The molecule has 45 heavy (non-hydrogen) atoms. The Hall–Kier alpha value is -4.22. The summed E-state index contributed by atoms with van der Waals surface area (Å²) in [6.07, 6.45) is 6.65. The van der Waals surface area contributed by atoms with Crippen LogP contribution in [-0.4, -0.2) is 56.8 Å². The second-order valence-electron chi connectivity index (χ2n) is 13.3. The molecule has 4 heterocycles. The van der Waals surface area contributed by atoms with Gasteiger partial charge in [0, 0.05) is 36.4 Å². The summed E-state index contributed by atoms with van der Waals surface area (Å²) in [5.74, 6) is 0.537. The van der Waals surface area contributed by atoms with Gasteiger partial charge in [-0.25, -0.2) is 4.52 Å². The summed E-state index contributed by atoms with van der Waals surface area (Å²) in [6.45, 7) is 10.5. The molecule has 1 saturated heterocycles. The molecule has 1 aliphatic heterocycles. The quantitative estimate of drug-likeness (QED) is 0.250. The first kappa shape index (κ1) is 29.5. The topological polar surface area (TPSA) is 125 Å². The molecule has 0 atom stereocenters. The third kappa shape index (κ3) is 5.07. The Labute approximate surface area is 262 Å². The van der Waals surface area contributed by atoms with E-state index in [0.717, 1.165) is 72.0 Å². The number of aromatic nitrogens is 8. The lowest BCUT2D eigenvalue weighted by Gasteiger charge is -2.37. The van der Waals surface area contributed by atoms with Crippen molar-refractivity contribution in [3.63, 3.8) is 0 Å². The maximum atomic E-state index is 14.5. The highest BCUT2D eigenvalue weighted by Gasteiger charge is 2.57. The van der Waals surface area contributed by atoms with E-state index >= 15 is 0 Å². The molecule has 11 heteroatoms. The Balaban J connectivity index is 1.21. The fourth-order valence-electron chi connectivity index (χ4n) is 6.99. The molecule has 0 radical (unpaired) electrons. The van der Waals surface area contributed by atoms with Gasteiger partial charge in [-0.2, -0.15) is 15.3 Å². The van der Waals surface area contributed by atoms with E-state index in [2.05, 4.69) is 95.7 Å². The molecule has 7 rings (SSSR count). The van der Waals surface area contributed by atoms with E-state index in [0.29, 0.717) is 18.0 Å². The van der Waals surface area contributed by atoms with Crippen LogP contribution >= 0.6 is 0 Å². The van der Waals surface area contributed by atoms with Crippen LogP contribution in [0.2, 0.25) is 0 Å². The van der Waals surface area contributed by atoms with Crippen LogP contribution in [0.3, 0.4) is 0 Å². The van der Waals surface area contributed by atoms with Crippen molar-refractivity contribution in [3.8, 4) is 22.5 Å². The van der Waals surface area contributed by atoms with Gasteiger partial charge in [0.2, 0.25) is 11.6 Å². The van der Waals surface area contributed by atoms with Gasteiger partial charge < -0.3 is 9.47 Å². The lowest BCUT2D eigenvalue weighted by atomic mass is 9.89. The first-order valence-corrected chi connectivity index (χ1v) is 15.9. The molecule has 234 valence electrons. The number of aromatic amines is 1. The number of fused-ring (bicyclic) bond motifs is 1. The lowest BCUT2D eigenvalue weighted by molar-refractivity contribution is -0.212. The highest BCUT2D eigenvalue weighted by Crippen LogP contribution is 2.51. The van der Waals surface area contributed by atoms with Crippen molar-refractivity contribution in [2.45, 2.75) is 103 Å². The van der Waals surface area contributed by atoms with Gasteiger partial charge in [-0.1, -0.05) is 61.9 Å². The Morgan fingerprint density at radius 2 is 1.64 bits per heavy atom. The summed E-state index contributed by atoms with van der Waals surface area (Å²) in [5.41, 5.74) is 4.93. The van der Waals surface area contributed by atoms with Crippen molar-refractivity contribution < 1.29 is 9.47 Å². The molecule has 3 aromatic heterocycles. The smallest absolute Gasteiger partial charge is 0.259 e. The molecule has 1 aliphatic carbocycles. The minimum Gasteiger partial charge on any atom is -0.341 e. The monoisotopic (exact) mass is 608 g/mol. The van der Waals surface area contributed by atoms with Crippen molar-refractivity contribution in [2.24, 2.45) is 0 Å². The van der Waals surface area contributed by atoms with Gasteiger partial charge in [-0.05, 0) is 68.9 Å². The van der Waals surface area contributed by atoms with E-state index in [9.17, 15) is 4.79 Å². The Morgan fingerprint density at radius 3 is 2.29 bits per heavy atom. The maximum Gasteiger partial charge on any atom is 0.259 e. The highest BCUT2D eigenvalue weighted by molar-refractivity contribution is 5.80. The van der Waals surface area contributed by atoms with Crippen LogP contribution in [0.5, 0.6) is 0 Å². The third-order valence-electron chi connectivity index (χ3n) is 9.89. The summed E-state index contributed by atoms with van der Waals surface area (Å²) in [7, 11) is 0. The van der Waals surface area contributed by atoms with E-state index in [-0.39, 0.29) is 11.6 Å². The van der Waals surface area contributed by atoms with E-state index in [1.807, 2.05) is 27.3 Å². The predicted molar refractivity (Wildman–Crippen MR) is 170 cm³/mol. The second-order valence-corrected chi connectivity index (χ2v) is 13.3. The number of hydrogen-bond donors (Lipinski definition) is 1. The molecule has 5 aromatic rings. The molecule has 2 aliphatic rings. The number of aryl methyl sites for hydroxylation is 1. The Bertz CT molecular complexity index is 1860. The summed E-state index contributed by atoms with van der Waals surface area (Å²) in [6, 6.07) is 16.3. The maximum absolute atomic E-state index is 14.5. The fraction of sp³-hybridized carbons (Fsp3) is 0.471. The van der Waals surface area contributed by atoms with Crippen molar-refractivity contribution in [2.75, 3.05) is 0 Å². The average molecular weight is 609 g/mol. The number of tetrazole rings is 1. The minimum atomic E-state index is -0.619. The van der Waals surface area contributed by atoms with Gasteiger partial charge in [-0.15, -0.1) is 10.2 Å². The van der Waals surface area contributed by atoms with Crippen LogP contribution in [0.15, 0.2) is 59.7 Å². The van der Waals surface area contributed by atoms with E-state index in [1.54, 1.807) is 6.33 Å². The molecule has 2 fully saturated rings. The van der Waals surface area contributed by atoms with Gasteiger partial charge in [0.15, 0.2) is 5.79 Å². The lowest BCUT2D eigenvalue weighted by Crippen LogP contribution is -2.41. The van der Waals surface area contributed by atoms with Crippen molar-refractivity contribution >= 4 is 5.78 Å². The number of H-pyrrole nitrogens is 1. The molecular formula is C34H40N8O3. The summed E-state index contributed by atoms with van der Waals surface area (Å²) in [5, 5.41) is 19.2. The minimum absolute atomic E-state index is 0.0142. The first-order chi connectivity index (χ1) is 21.6. The van der Waals surface area contributed by atoms with Gasteiger partial charge in [0.25, 0.3) is 5.56 Å². The molecule has 0 unspecified atom stereocenters. The van der Waals surface area contributed by atoms with Gasteiger partial charge in [0.05, 0.1) is 16.9 Å². The molecule has 1 saturated carbocycles. The number of hydrogen-bond acceptors (Lipinski definition) is 8. The molecule has 1 spiro atoms. The van der Waals surface area contributed by atoms with E-state index < -0.39 is 17.0 Å². The predicted octanol–water partition coefficient (Wildman–Crippen LogP) is 5.70. The Morgan fingerprint density at radius 1 is 0.956 bits per heavy atom. The van der Waals surface area contributed by atoms with Gasteiger partial charge in [-0.3, -0.25) is 9.36 Å². The van der Waals surface area contributed by atoms with Crippen LogP contribution < -0.4 is 5.56 Å². The van der Waals surface area contributed by atoms with Crippen molar-refractivity contribution in [1.82, 2.24) is 39.8 Å². The summed E-state index contributed by atoms with van der Waals surface area (Å²) < 4.78 is 16.9. The normalized spacial score (nSPS) is 19.0. The fourth-order valence-corrected chi connectivity index (χ4v) is 6.99. The largest absolute Gasteiger partial charge is 0.341 e. The van der Waals surface area contributed by atoms with Crippen molar-refractivity contribution in [1.29, 1.82) is 0 Å². The number of rotatable bonds is 7. The van der Waals surface area contributed by atoms with E-state index in [1.165, 1.54) is 0 Å². The van der Waals surface area contributed by atoms with Crippen LogP contribution in [0.4, 0.5) is 0 Å². The zero-order valence-corrected chi connectivity index (χ0v) is 26.6. The first-order valence-electron chi connectivity index (χ1n) is 15.9. The van der Waals surface area contributed by atoms with Crippen LogP contribution in [0.25, 0.3) is 28.3 Å². The average Bonchev–Trinajstić information content (AvgIpc) is 3.76. The molecule has 2 aromatic carbocycles. The number of nitrogens with one attached hydrogen (secondary N) is 1. The Kier molecular flexibility index (Phi) is 7.20. The summed E-state index contributed by atoms with van der Waals surface area (Å²) in [4.78, 5) is 19.1. The van der Waals surface area contributed by atoms with Crippen LogP contribution in [0.1, 0.15) is 89.6 Å². The standard InChI is InChI=1S/C34H40N8O3/c1-6-9-28-27(20-22-12-14-23(15-13-22)25-10-7-8-11-26(25)29-37-39-40-38-29)30(43)41(31-35-21-36-42(28)31)24-16-18-34(19-17-24)44-32(2,3)33(4,5)45-34/h7-8,10-15,21,24H,6,9,16-20H2,1-5H3,(H,37,38,39,40). The number of nitrogens with zero attached hydrogens (tertiary/aromatic N) is 7. The molecule has 0 amide bonds. The molecular weight excluding hydrogens is 568 g/mol. The van der Waals surface area contributed by atoms with Gasteiger partial charge in [0.1, 0.15) is 6.33 Å². The molecule has 1 N–H and O–H groups in total. The molecule has 0 bridgehead atoms. The van der Waals surface area contributed by atoms with E-state index in [4.69, 9.17) is 9.47 Å².